The van der Waals surface area contributed by atoms with Gasteiger partial charge in [-0.05, 0) is 42.5 Å². The van der Waals surface area contributed by atoms with Crippen molar-refractivity contribution in [2.75, 3.05) is 0 Å². The Morgan fingerprint density at radius 1 is 0.368 bits per heavy atom. The van der Waals surface area contributed by atoms with Crippen molar-refractivity contribution in [2.24, 2.45) is 0 Å². The van der Waals surface area contributed by atoms with Gasteiger partial charge in [-0.2, -0.15) is 0 Å². The molecule has 4 heterocycles. The molecule has 6 heteroatoms. The zero-order valence-corrected chi connectivity index (χ0v) is 30.5. The molecule has 4 aromatic heterocycles. The maximum atomic E-state index is 6.98. The molecule has 0 saturated carbocycles. The van der Waals surface area contributed by atoms with E-state index in [2.05, 4.69) is 130 Å². The van der Waals surface area contributed by atoms with Gasteiger partial charge in [0.15, 0.2) is 23.1 Å². The molecule has 6 nitrogen and oxygen atoms in total. The average Bonchev–Trinajstić information content (AvgIpc) is 3.95. The molecule has 12 rings (SSSR count). The molecule has 0 radical (unpaired) electrons. The van der Waals surface area contributed by atoms with E-state index >= 15 is 0 Å². The highest BCUT2D eigenvalue weighted by Crippen LogP contribution is 2.50. The van der Waals surface area contributed by atoms with E-state index in [1.807, 2.05) is 66.7 Å². The van der Waals surface area contributed by atoms with Crippen LogP contribution < -0.4 is 0 Å². The minimum Gasteiger partial charge on any atom is -0.454 e. The summed E-state index contributed by atoms with van der Waals surface area (Å²) in [5.41, 5.74) is 10.8. The van der Waals surface area contributed by atoms with Crippen LogP contribution in [-0.4, -0.2) is 24.1 Å². The molecule has 0 aliphatic heterocycles. The van der Waals surface area contributed by atoms with Gasteiger partial charge in [-0.25, -0.2) is 15.0 Å². The highest BCUT2D eigenvalue weighted by atomic mass is 16.3. The molecule has 12 aromatic rings. The molecule has 0 spiro atoms. The molecular weight excluding hydrogens is 699 g/mol. The number of benzene rings is 8. The van der Waals surface area contributed by atoms with Gasteiger partial charge >= 0.3 is 0 Å². The van der Waals surface area contributed by atoms with E-state index in [1.54, 1.807) is 0 Å². The first kappa shape index (κ1) is 31.5. The summed E-state index contributed by atoms with van der Waals surface area (Å²) in [5, 5.41) is 6.73. The number of hydrogen-bond acceptors (Lipinski definition) is 4. The van der Waals surface area contributed by atoms with Gasteiger partial charge in [0.2, 0.25) is 0 Å². The lowest BCUT2D eigenvalue weighted by Crippen LogP contribution is -2.03. The van der Waals surface area contributed by atoms with Gasteiger partial charge in [0.25, 0.3) is 0 Å². The maximum absolute atomic E-state index is 6.98. The van der Waals surface area contributed by atoms with Gasteiger partial charge < -0.3 is 13.6 Å². The van der Waals surface area contributed by atoms with Crippen molar-refractivity contribution in [3.05, 3.63) is 188 Å². The fourth-order valence-corrected chi connectivity index (χ4v) is 8.77. The largest absolute Gasteiger partial charge is 0.454 e. The minimum atomic E-state index is 0.599. The van der Waals surface area contributed by atoms with Crippen LogP contribution in [0.15, 0.2) is 192 Å². The van der Waals surface area contributed by atoms with E-state index in [1.165, 1.54) is 0 Å². The summed E-state index contributed by atoms with van der Waals surface area (Å²) in [4.78, 5) is 15.4. The first-order valence-electron chi connectivity index (χ1n) is 19.1. The van der Waals surface area contributed by atoms with E-state index < -0.39 is 0 Å². The molecule has 8 aromatic carbocycles. The SMILES string of the molecule is c1ccc(-c2nc(-c3ccccc3)nc(-c3ccccc3-n3c4ccccc4c4c5c6ccccc6oc5c5c(c6ccccc6n5-c5ccccc5)c43)n2)cc1. The molecule has 0 amide bonds. The fourth-order valence-electron chi connectivity index (χ4n) is 8.77. The zero-order chi connectivity index (χ0) is 37.5. The Kier molecular flexibility index (Phi) is 6.83. The van der Waals surface area contributed by atoms with E-state index in [-0.39, 0.29) is 0 Å². The molecule has 0 unspecified atom stereocenters. The molecule has 0 atom stereocenters. The van der Waals surface area contributed by atoms with Crippen LogP contribution in [0.1, 0.15) is 0 Å². The normalized spacial score (nSPS) is 11.9. The van der Waals surface area contributed by atoms with Crippen LogP contribution in [-0.2, 0) is 0 Å². The number of furan rings is 1. The third-order valence-electron chi connectivity index (χ3n) is 11.1. The predicted molar refractivity (Wildman–Crippen MR) is 232 cm³/mol. The lowest BCUT2D eigenvalue weighted by atomic mass is 10.0. The van der Waals surface area contributed by atoms with Crippen LogP contribution >= 0.6 is 0 Å². The molecule has 0 aliphatic rings. The number of para-hydroxylation sites is 5. The monoisotopic (exact) mass is 729 g/mol. The van der Waals surface area contributed by atoms with Gasteiger partial charge in [-0.1, -0.05) is 146 Å². The molecule has 0 N–H and O–H groups in total. The quantitative estimate of drug-likeness (QED) is 0.177. The van der Waals surface area contributed by atoms with Crippen LogP contribution in [0.5, 0.6) is 0 Å². The smallest absolute Gasteiger partial charge is 0.166 e. The minimum absolute atomic E-state index is 0.599. The summed E-state index contributed by atoms with van der Waals surface area (Å²) in [6, 6.07) is 65.2. The first-order chi connectivity index (χ1) is 28.3. The van der Waals surface area contributed by atoms with E-state index in [4.69, 9.17) is 19.4 Å². The van der Waals surface area contributed by atoms with Crippen molar-refractivity contribution in [2.45, 2.75) is 0 Å². The molecule has 266 valence electrons. The Hall–Kier alpha value is -7.83. The van der Waals surface area contributed by atoms with Gasteiger partial charge in [0.1, 0.15) is 5.58 Å². The average molecular weight is 730 g/mol. The Morgan fingerprint density at radius 3 is 1.56 bits per heavy atom. The molecule has 57 heavy (non-hydrogen) atoms. The Bertz CT molecular complexity index is 3450. The van der Waals surface area contributed by atoms with Crippen molar-refractivity contribution < 1.29 is 4.42 Å². The van der Waals surface area contributed by atoms with Crippen molar-refractivity contribution >= 4 is 65.6 Å². The Morgan fingerprint density at radius 2 is 0.877 bits per heavy atom. The third kappa shape index (κ3) is 4.68. The third-order valence-corrected chi connectivity index (χ3v) is 11.1. The standard InChI is InChI=1S/C51H31N5O/c1-4-18-32(19-5-1)49-52-50(33-20-6-2-7-21-33)54-51(53-49)37-26-12-16-30-41(37)56-40-29-15-10-24-35(40)43-44-38-27-13-17-31-42(38)57-48(44)47-45(46(43)56)36-25-11-14-28-39(36)55(47)34-22-8-3-9-23-34/h1-31H. The van der Waals surface area contributed by atoms with Gasteiger partial charge in [0.05, 0.1) is 27.8 Å². The maximum Gasteiger partial charge on any atom is 0.166 e. The first-order valence-corrected chi connectivity index (χ1v) is 19.1. The summed E-state index contributed by atoms with van der Waals surface area (Å²) < 4.78 is 11.8. The summed E-state index contributed by atoms with van der Waals surface area (Å²) in [6.07, 6.45) is 0. The summed E-state index contributed by atoms with van der Waals surface area (Å²) in [7, 11) is 0. The van der Waals surface area contributed by atoms with Crippen LogP contribution in [0.3, 0.4) is 0 Å². The van der Waals surface area contributed by atoms with Gasteiger partial charge in [0, 0.05) is 54.7 Å². The Labute approximate surface area is 326 Å². The number of nitrogens with zero attached hydrogens (tertiary/aromatic N) is 5. The lowest BCUT2D eigenvalue weighted by Gasteiger charge is -2.15. The van der Waals surface area contributed by atoms with Crippen LogP contribution in [0, 0.1) is 0 Å². The second kappa shape index (κ2) is 12.3. The molecule has 0 bridgehead atoms. The fraction of sp³-hybridized carbons (Fsp3) is 0. The number of hydrogen-bond donors (Lipinski definition) is 0. The molecule has 0 aliphatic carbocycles. The second-order valence-electron chi connectivity index (χ2n) is 14.3. The number of fused-ring (bicyclic) bond motifs is 12. The number of aromatic nitrogens is 5. The van der Waals surface area contributed by atoms with E-state index in [0.29, 0.717) is 17.5 Å². The highest BCUT2D eigenvalue weighted by Gasteiger charge is 2.28. The second-order valence-corrected chi connectivity index (χ2v) is 14.3. The predicted octanol–water partition coefficient (Wildman–Crippen LogP) is 13.0. The lowest BCUT2D eigenvalue weighted by molar-refractivity contribution is 0.671. The zero-order valence-electron chi connectivity index (χ0n) is 30.5. The van der Waals surface area contributed by atoms with Crippen LogP contribution in [0.2, 0.25) is 0 Å². The van der Waals surface area contributed by atoms with Crippen molar-refractivity contribution in [1.82, 2.24) is 24.1 Å². The van der Waals surface area contributed by atoms with Gasteiger partial charge in [-0.3, -0.25) is 0 Å². The topological polar surface area (TPSA) is 61.7 Å². The summed E-state index contributed by atoms with van der Waals surface area (Å²) in [6.45, 7) is 0. The summed E-state index contributed by atoms with van der Waals surface area (Å²) in [5.74, 6) is 1.84. The van der Waals surface area contributed by atoms with Crippen LogP contribution in [0.4, 0.5) is 0 Å². The van der Waals surface area contributed by atoms with E-state index in [0.717, 1.165) is 93.6 Å². The molecule has 0 fully saturated rings. The molecule has 0 saturated heterocycles. The number of rotatable bonds is 5. The van der Waals surface area contributed by atoms with Crippen LogP contribution in [0.25, 0.3) is 111 Å². The highest BCUT2D eigenvalue weighted by molar-refractivity contribution is 6.39. The Balaban J connectivity index is 1.28. The molecular formula is C51H31N5O. The van der Waals surface area contributed by atoms with Crippen molar-refractivity contribution in [1.29, 1.82) is 0 Å². The van der Waals surface area contributed by atoms with Gasteiger partial charge in [-0.15, -0.1) is 0 Å². The van der Waals surface area contributed by atoms with Crippen molar-refractivity contribution in [3.8, 4) is 45.5 Å². The van der Waals surface area contributed by atoms with Crippen molar-refractivity contribution in [3.63, 3.8) is 0 Å². The van der Waals surface area contributed by atoms with E-state index in [9.17, 15) is 0 Å². The summed E-state index contributed by atoms with van der Waals surface area (Å²) >= 11 is 0.